The molecule has 0 aliphatic rings. The van der Waals surface area contributed by atoms with Crippen LogP contribution >= 0.6 is 0 Å². The van der Waals surface area contributed by atoms with Gasteiger partial charge in [0.25, 0.3) is 0 Å². The predicted molar refractivity (Wildman–Crippen MR) is 624 cm³/mol. The van der Waals surface area contributed by atoms with E-state index in [2.05, 4.69) is 540 Å². The lowest BCUT2D eigenvalue weighted by molar-refractivity contribution is 0.669. The van der Waals surface area contributed by atoms with Crippen molar-refractivity contribution < 1.29 is 13.3 Å². The van der Waals surface area contributed by atoms with Crippen molar-refractivity contribution in [2.24, 2.45) is 0 Å². The summed E-state index contributed by atoms with van der Waals surface area (Å²) in [7, 11) is 0. The molecule has 0 bridgehead atoms. The third-order valence-electron chi connectivity index (χ3n) is 30.2. The van der Waals surface area contributed by atoms with Crippen LogP contribution in [0.2, 0.25) is 0 Å². The summed E-state index contributed by atoms with van der Waals surface area (Å²) < 4.78 is 19.8. The van der Waals surface area contributed by atoms with Crippen LogP contribution in [0.1, 0.15) is 0 Å². The molecular weight excluding hydrogens is 1780 g/mol. The molecule has 147 heavy (non-hydrogen) atoms. The Morgan fingerprint density at radius 1 is 0.0952 bits per heavy atom. The fraction of sp³-hybridized carbons (Fsp3) is 0. The maximum absolute atomic E-state index is 6.68. The number of rotatable bonds is 12. The molecule has 0 saturated heterocycles. The third kappa shape index (κ3) is 14.6. The van der Waals surface area contributed by atoms with Crippen molar-refractivity contribution >= 4 is 163 Å². The van der Waals surface area contributed by atoms with Gasteiger partial charge in [0.05, 0.1) is 0 Å². The van der Waals surface area contributed by atoms with Crippen molar-refractivity contribution in [3.8, 4) is 134 Å². The minimum atomic E-state index is 0.898. The van der Waals surface area contributed by atoms with E-state index in [9.17, 15) is 0 Å². The standard InChI is InChI=1S/3C48H30O/c1-2-14-32(15-3-1)35-25-13-27-43-44-30-33(28-29-45(44)49-48(35)43)46-39-21-8-10-23-41(39)47(42-24-11-9-22-40(42)46)38-20-7-6-19-37(38)36-26-12-17-31-16-4-5-18-34(31)36;1-2-15-31(16-3-1)35-20-6-7-22-38(35)47-41-25-10-8-23-39(41)46(40-24-9-11-26-42(40)47)33-29-43(36-27-14-18-32-17-4-5-19-34(32)36)48-44(30-33)37-21-12-13-28-45(37)49-48;1-2-15-31(16-3-1)34-20-6-7-22-37(34)47-38-23-8-10-25-40(38)48(41-26-11-9-24-39(41)47)44-29-43-36-21-12-13-28-45(36)49-46(43)30-42(44)35-27-14-18-32-17-4-5-19-33(32)35/h3*1-30H. The highest BCUT2D eigenvalue weighted by Gasteiger charge is 2.29. The SMILES string of the molecule is c1ccc(-c2cccc3c2oc2ccc(-c4c5ccccc5c(-c5ccccc5-c5cccc6ccccc56)c5ccccc45)cc23)cc1.c1ccc(-c2ccccc2-c2c3ccccc3c(-c3cc(-c4cccc5ccccc45)c4oc5ccccc5c4c3)c3ccccc23)cc1.c1ccc(-c2ccccc2-c2c3ccccc3c(-c3cc4c(cc3-c3cccc5ccccc35)oc3ccccc34)c3ccccc23)cc1. The van der Waals surface area contributed by atoms with E-state index in [4.69, 9.17) is 13.3 Å². The minimum Gasteiger partial charge on any atom is -0.456 e. The van der Waals surface area contributed by atoms with Gasteiger partial charge >= 0.3 is 0 Å². The van der Waals surface area contributed by atoms with Gasteiger partial charge in [-0.05, 0) is 268 Å². The Balaban J connectivity index is 0.000000107. The molecule has 0 atom stereocenters. The number of hydrogen-bond donors (Lipinski definition) is 0. The first-order valence-corrected chi connectivity index (χ1v) is 50.6. The number of para-hydroxylation sites is 3. The highest BCUT2D eigenvalue weighted by Crippen LogP contribution is 2.55. The Bertz CT molecular complexity index is 10300. The maximum atomic E-state index is 6.68. The number of hydrogen-bond acceptors (Lipinski definition) is 3. The van der Waals surface area contributed by atoms with Gasteiger partial charge < -0.3 is 13.3 Å². The summed E-state index contributed by atoms with van der Waals surface area (Å²) in [5.74, 6) is 0. The van der Waals surface area contributed by atoms with Crippen LogP contribution in [-0.2, 0) is 0 Å². The first kappa shape index (κ1) is 85.6. The molecule has 0 radical (unpaired) electrons. The molecule has 0 unspecified atom stereocenters. The predicted octanol–water partition coefficient (Wildman–Crippen LogP) is 41.1. The molecule has 0 N–H and O–H groups in total. The maximum Gasteiger partial charge on any atom is 0.143 e. The fourth-order valence-electron chi connectivity index (χ4n) is 23.8. The van der Waals surface area contributed by atoms with Crippen molar-refractivity contribution in [3.63, 3.8) is 0 Å². The van der Waals surface area contributed by atoms with Crippen LogP contribution in [-0.4, -0.2) is 0 Å². The second kappa shape index (κ2) is 36.0. The van der Waals surface area contributed by atoms with E-state index in [-0.39, 0.29) is 0 Å². The Kier molecular flexibility index (Phi) is 21.0. The van der Waals surface area contributed by atoms with Crippen molar-refractivity contribution in [1.29, 1.82) is 0 Å². The van der Waals surface area contributed by atoms with E-state index in [0.717, 1.165) is 88.1 Å². The van der Waals surface area contributed by atoms with E-state index in [1.54, 1.807) is 0 Å². The molecule has 0 fully saturated rings. The van der Waals surface area contributed by atoms with Gasteiger partial charge in [0, 0.05) is 43.4 Å². The van der Waals surface area contributed by atoms with Gasteiger partial charge in [-0.15, -0.1) is 0 Å². The first-order valence-electron chi connectivity index (χ1n) is 50.6. The van der Waals surface area contributed by atoms with Gasteiger partial charge in [0.1, 0.15) is 33.5 Å². The molecule has 3 nitrogen and oxygen atoms in total. The van der Waals surface area contributed by atoms with Crippen LogP contribution in [0.5, 0.6) is 0 Å². The summed E-state index contributed by atoms with van der Waals surface area (Å²) in [4.78, 5) is 0. The van der Waals surface area contributed by atoms with Gasteiger partial charge in [-0.1, -0.05) is 497 Å². The van der Waals surface area contributed by atoms with E-state index in [0.29, 0.717) is 0 Å². The van der Waals surface area contributed by atoms with Gasteiger partial charge in [-0.2, -0.15) is 0 Å². The molecule has 27 aromatic carbocycles. The molecule has 0 amide bonds. The summed E-state index contributed by atoms with van der Waals surface area (Å²) in [5, 5.41) is 29.0. The molecule has 3 aromatic heterocycles. The van der Waals surface area contributed by atoms with E-state index >= 15 is 0 Å². The zero-order valence-electron chi connectivity index (χ0n) is 80.2. The molecule has 30 aromatic rings. The van der Waals surface area contributed by atoms with Crippen molar-refractivity contribution in [1.82, 2.24) is 0 Å². The highest BCUT2D eigenvalue weighted by molar-refractivity contribution is 6.29. The lowest BCUT2D eigenvalue weighted by Gasteiger charge is -2.21. The Labute approximate surface area is 849 Å². The number of furan rings is 3. The van der Waals surface area contributed by atoms with Crippen molar-refractivity contribution in [2.75, 3.05) is 0 Å². The quantitative estimate of drug-likeness (QED) is 0.114. The molecule has 0 aliphatic heterocycles. The van der Waals surface area contributed by atoms with Crippen molar-refractivity contribution in [3.05, 3.63) is 546 Å². The van der Waals surface area contributed by atoms with Crippen LogP contribution in [0.4, 0.5) is 0 Å². The smallest absolute Gasteiger partial charge is 0.143 e. The average molecular weight is 1870 g/mol. The Hall–Kier alpha value is -19.3. The van der Waals surface area contributed by atoms with Crippen LogP contribution < -0.4 is 0 Å². The largest absolute Gasteiger partial charge is 0.456 e. The zero-order chi connectivity index (χ0) is 96.9. The molecular formula is C144H90O3. The molecule has 0 saturated carbocycles. The van der Waals surface area contributed by atoms with E-state index in [1.807, 2.05) is 6.07 Å². The van der Waals surface area contributed by atoms with Crippen molar-refractivity contribution in [2.45, 2.75) is 0 Å². The molecule has 684 valence electrons. The summed E-state index contributed by atoms with van der Waals surface area (Å²) in [5.41, 5.74) is 34.5. The van der Waals surface area contributed by atoms with Gasteiger partial charge in [0.15, 0.2) is 0 Å². The highest BCUT2D eigenvalue weighted by atomic mass is 16.3. The molecule has 3 heterocycles. The monoisotopic (exact) mass is 1870 g/mol. The average Bonchev–Trinajstić information content (AvgIpc) is 1.64. The topological polar surface area (TPSA) is 39.4 Å². The van der Waals surface area contributed by atoms with E-state index in [1.165, 1.54) is 208 Å². The summed E-state index contributed by atoms with van der Waals surface area (Å²) >= 11 is 0. The van der Waals surface area contributed by atoms with Crippen LogP contribution in [0.3, 0.4) is 0 Å². The third-order valence-corrected chi connectivity index (χ3v) is 30.2. The number of fused-ring (bicyclic) bond motifs is 18. The van der Waals surface area contributed by atoms with Crippen LogP contribution in [0.15, 0.2) is 559 Å². The Morgan fingerprint density at radius 3 is 0.803 bits per heavy atom. The Morgan fingerprint density at radius 2 is 0.361 bits per heavy atom. The normalized spacial score (nSPS) is 11.7. The van der Waals surface area contributed by atoms with Crippen LogP contribution in [0.25, 0.3) is 296 Å². The zero-order valence-corrected chi connectivity index (χ0v) is 80.2. The summed E-state index contributed by atoms with van der Waals surface area (Å²) in [6.07, 6.45) is 0. The minimum absolute atomic E-state index is 0.898. The second-order valence-corrected chi connectivity index (χ2v) is 38.3. The molecule has 30 rings (SSSR count). The molecule has 0 aliphatic carbocycles. The van der Waals surface area contributed by atoms with Gasteiger partial charge in [-0.25, -0.2) is 0 Å². The lowest BCUT2D eigenvalue weighted by atomic mass is 9.81. The van der Waals surface area contributed by atoms with Gasteiger partial charge in [0.2, 0.25) is 0 Å². The molecule has 0 spiro atoms. The summed E-state index contributed by atoms with van der Waals surface area (Å²) in [6.45, 7) is 0. The fourth-order valence-corrected chi connectivity index (χ4v) is 23.8. The number of benzene rings is 27. The molecule has 3 heteroatoms. The van der Waals surface area contributed by atoms with Crippen LogP contribution in [0, 0.1) is 0 Å². The van der Waals surface area contributed by atoms with E-state index < -0.39 is 0 Å². The van der Waals surface area contributed by atoms with Gasteiger partial charge in [-0.3, -0.25) is 0 Å². The summed E-state index contributed by atoms with van der Waals surface area (Å²) in [6, 6.07) is 197. The lowest BCUT2D eigenvalue weighted by Crippen LogP contribution is -1.94. The second-order valence-electron chi connectivity index (χ2n) is 38.3. The first-order chi connectivity index (χ1) is 73.0.